The molecule has 5 rings (SSSR count). The number of hydrogen-bond acceptors (Lipinski definition) is 5. The summed E-state index contributed by atoms with van der Waals surface area (Å²) in [5.41, 5.74) is 3.64. The third-order valence-corrected chi connectivity index (χ3v) is 7.14. The fourth-order valence-corrected chi connectivity index (χ4v) is 5.65. The van der Waals surface area contributed by atoms with Crippen molar-refractivity contribution in [2.24, 2.45) is 11.8 Å². The highest BCUT2D eigenvalue weighted by atomic mass is 16.5. The van der Waals surface area contributed by atoms with Gasteiger partial charge in [-0.25, -0.2) is 9.97 Å². The number of nitrogens with zero attached hydrogens (tertiary/aromatic N) is 3. The molecular formula is C25H30N4O3. The Kier molecular flexibility index (Phi) is 5.59. The van der Waals surface area contributed by atoms with Gasteiger partial charge in [0.2, 0.25) is 0 Å². The van der Waals surface area contributed by atoms with E-state index in [-0.39, 0.29) is 11.9 Å². The van der Waals surface area contributed by atoms with Crippen LogP contribution in [0.2, 0.25) is 0 Å². The minimum atomic E-state index is -0.152. The first-order valence-electron chi connectivity index (χ1n) is 11.4. The predicted octanol–water partition coefficient (Wildman–Crippen LogP) is 4.04. The van der Waals surface area contributed by atoms with Gasteiger partial charge in [0.05, 0.1) is 18.9 Å². The smallest absolute Gasteiger partial charge is 0.274 e. The summed E-state index contributed by atoms with van der Waals surface area (Å²) in [6.07, 6.45) is 7.57. The zero-order valence-electron chi connectivity index (χ0n) is 18.9. The standard InChI is InChI=1S/C25H30N4O3/c1-15-10-21(16-6-5-9-20(13-16)31-2)28-24-22(26-14-29(15)24)25(30)27-19-11-17-7-4-8-18(12-19)23(17)32-3/h5-6,9-10,13-14,17-19,23H,4,7-8,11-12H2,1-3H3,(H,27,30)/t17-,18+,19+,23-. The van der Waals surface area contributed by atoms with Crippen molar-refractivity contribution in [1.29, 1.82) is 0 Å². The predicted molar refractivity (Wildman–Crippen MR) is 122 cm³/mol. The molecule has 2 aliphatic carbocycles. The lowest BCUT2D eigenvalue weighted by Gasteiger charge is -2.45. The van der Waals surface area contributed by atoms with Crippen molar-refractivity contribution in [2.45, 2.75) is 51.2 Å². The Balaban J connectivity index is 1.41. The molecule has 0 unspecified atom stereocenters. The van der Waals surface area contributed by atoms with E-state index < -0.39 is 0 Å². The lowest BCUT2D eigenvalue weighted by atomic mass is 9.68. The van der Waals surface area contributed by atoms with Crippen molar-refractivity contribution in [2.75, 3.05) is 14.2 Å². The Morgan fingerprint density at radius 1 is 1.16 bits per heavy atom. The number of benzene rings is 1. The zero-order valence-corrected chi connectivity index (χ0v) is 18.9. The van der Waals surface area contributed by atoms with Gasteiger partial charge < -0.3 is 14.8 Å². The van der Waals surface area contributed by atoms with E-state index in [1.54, 1.807) is 13.4 Å². The van der Waals surface area contributed by atoms with E-state index in [1.807, 2.05) is 48.8 Å². The summed E-state index contributed by atoms with van der Waals surface area (Å²) < 4.78 is 13.0. The average Bonchev–Trinajstić information content (AvgIpc) is 3.23. The maximum absolute atomic E-state index is 13.2. The second-order valence-corrected chi connectivity index (χ2v) is 9.09. The Bertz CT molecular complexity index is 1130. The molecule has 2 bridgehead atoms. The number of fused-ring (bicyclic) bond motifs is 3. The molecule has 7 heteroatoms. The second kappa shape index (κ2) is 8.54. The number of methoxy groups -OCH3 is 2. The summed E-state index contributed by atoms with van der Waals surface area (Å²) >= 11 is 0. The van der Waals surface area contributed by atoms with E-state index >= 15 is 0 Å². The van der Waals surface area contributed by atoms with Crippen molar-refractivity contribution in [1.82, 2.24) is 19.7 Å². The Morgan fingerprint density at radius 3 is 2.66 bits per heavy atom. The van der Waals surface area contributed by atoms with Crippen LogP contribution in [-0.2, 0) is 4.74 Å². The van der Waals surface area contributed by atoms with Gasteiger partial charge in [-0.05, 0) is 62.6 Å². The van der Waals surface area contributed by atoms with Crippen molar-refractivity contribution in [3.63, 3.8) is 0 Å². The number of carbonyl (C=O) groups is 1. The Labute approximate surface area is 188 Å². The van der Waals surface area contributed by atoms with Gasteiger partial charge in [-0.2, -0.15) is 0 Å². The van der Waals surface area contributed by atoms with E-state index in [0.717, 1.165) is 35.5 Å². The molecule has 0 radical (unpaired) electrons. The number of carbonyl (C=O) groups excluding carboxylic acids is 1. The minimum Gasteiger partial charge on any atom is -0.497 e. The van der Waals surface area contributed by atoms with Gasteiger partial charge >= 0.3 is 0 Å². The van der Waals surface area contributed by atoms with Gasteiger partial charge in [0.25, 0.3) is 5.91 Å². The fourth-order valence-electron chi connectivity index (χ4n) is 5.65. The lowest BCUT2D eigenvalue weighted by molar-refractivity contribution is -0.0533. The number of ether oxygens (including phenoxy) is 2. The number of nitrogens with one attached hydrogen (secondary N) is 1. The third-order valence-electron chi connectivity index (χ3n) is 7.14. The van der Waals surface area contributed by atoms with E-state index in [1.165, 1.54) is 19.3 Å². The van der Waals surface area contributed by atoms with Crippen LogP contribution in [0.15, 0.2) is 36.7 Å². The van der Waals surface area contributed by atoms with Crippen molar-refractivity contribution in [3.05, 3.63) is 48.0 Å². The maximum atomic E-state index is 13.2. The molecule has 1 N–H and O–H groups in total. The molecule has 0 saturated heterocycles. The van der Waals surface area contributed by atoms with Crippen LogP contribution < -0.4 is 10.1 Å². The number of amides is 1. The summed E-state index contributed by atoms with van der Waals surface area (Å²) in [7, 11) is 3.47. The normalized spacial score (nSPS) is 25.0. The average molecular weight is 435 g/mol. The molecule has 2 aliphatic rings. The van der Waals surface area contributed by atoms with E-state index in [0.29, 0.717) is 29.3 Å². The van der Waals surface area contributed by atoms with Gasteiger partial charge in [-0.3, -0.25) is 9.20 Å². The topological polar surface area (TPSA) is 77.8 Å². The van der Waals surface area contributed by atoms with Gasteiger partial charge in [-0.15, -0.1) is 0 Å². The monoisotopic (exact) mass is 434 g/mol. The SMILES string of the molecule is COc1cccc(-c2cc(C)n3cnc(C(=O)N[C@H]4C[C@H]5CCC[C@@H](C4)[C@@H]5OC)c3n2)c1. The van der Waals surface area contributed by atoms with Crippen molar-refractivity contribution in [3.8, 4) is 17.0 Å². The largest absolute Gasteiger partial charge is 0.497 e. The van der Waals surface area contributed by atoms with E-state index in [4.69, 9.17) is 14.5 Å². The summed E-state index contributed by atoms with van der Waals surface area (Å²) in [4.78, 5) is 22.5. The molecule has 2 fully saturated rings. The van der Waals surface area contributed by atoms with Crippen LogP contribution in [0.25, 0.3) is 16.9 Å². The summed E-state index contributed by atoms with van der Waals surface area (Å²) in [6.45, 7) is 1.99. The van der Waals surface area contributed by atoms with Crippen molar-refractivity contribution >= 4 is 11.6 Å². The molecule has 3 aromatic rings. The molecule has 32 heavy (non-hydrogen) atoms. The molecule has 4 atom stereocenters. The molecule has 7 nitrogen and oxygen atoms in total. The third kappa shape index (κ3) is 3.75. The fraction of sp³-hybridized carbons (Fsp3) is 0.480. The van der Waals surface area contributed by atoms with Crippen LogP contribution in [0.5, 0.6) is 5.75 Å². The number of aromatic nitrogens is 3. The van der Waals surface area contributed by atoms with Crippen LogP contribution in [0.4, 0.5) is 0 Å². The van der Waals surface area contributed by atoms with Crippen LogP contribution in [0.1, 0.15) is 48.3 Å². The number of imidazole rings is 1. The number of hydrogen-bond donors (Lipinski definition) is 1. The quantitative estimate of drug-likeness (QED) is 0.656. The first kappa shape index (κ1) is 20.9. The lowest BCUT2D eigenvalue weighted by Crippen LogP contribution is -2.49. The molecule has 0 aliphatic heterocycles. The van der Waals surface area contributed by atoms with Crippen LogP contribution in [0, 0.1) is 18.8 Å². The maximum Gasteiger partial charge on any atom is 0.274 e. The molecular weight excluding hydrogens is 404 g/mol. The molecule has 168 valence electrons. The summed E-state index contributed by atoms with van der Waals surface area (Å²) in [5.74, 6) is 1.67. The molecule has 2 saturated carbocycles. The Morgan fingerprint density at radius 2 is 1.94 bits per heavy atom. The highest BCUT2D eigenvalue weighted by molar-refractivity contribution is 5.98. The van der Waals surface area contributed by atoms with Gasteiger partial charge in [-0.1, -0.05) is 18.6 Å². The first-order chi connectivity index (χ1) is 15.6. The minimum absolute atomic E-state index is 0.152. The van der Waals surface area contributed by atoms with Gasteiger partial charge in [0.1, 0.15) is 12.1 Å². The van der Waals surface area contributed by atoms with Crippen molar-refractivity contribution < 1.29 is 14.3 Å². The highest BCUT2D eigenvalue weighted by Crippen LogP contribution is 2.41. The molecule has 1 aromatic carbocycles. The Hall–Kier alpha value is -2.93. The van der Waals surface area contributed by atoms with Crippen LogP contribution in [0.3, 0.4) is 0 Å². The number of aryl methyl sites for hydroxylation is 1. The first-order valence-corrected chi connectivity index (χ1v) is 11.4. The second-order valence-electron chi connectivity index (χ2n) is 9.09. The highest BCUT2D eigenvalue weighted by Gasteiger charge is 2.41. The van der Waals surface area contributed by atoms with E-state index in [2.05, 4.69) is 10.3 Å². The van der Waals surface area contributed by atoms with E-state index in [9.17, 15) is 4.79 Å². The molecule has 2 aromatic heterocycles. The molecule has 2 heterocycles. The van der Waals surface area contributed by atoms with Gasteiger partial charge in [0, 0.05) is 24.4 Å². The zero-order chi connectivity index (χ0) is 22.2. The van der Waals surface area contributed by atoms with Gasteiger partial charge in [0.15, 0.2) is 11.3 Å². The van der Waals surface area contributed by atoms with Crippen LogP contribution >= 0.6 is 0 Å². The molecule has 0 spiro atoms. The summed E-state index contributed by atoms with van der Waals surface area (Å²) in [6, 6.07) is 9.93. The van der Waals surface area contributed by atoms with Crippen LogP contribution in [-0.4, -0.2) is 46.6 Å². The molecule has 1 amide bonds. The summed E-state index contributed by atoms with van der Waals surface area (Å²) in [5, 5.41) is 3.25. The number of rotatable bonds is 5.